The molecule has 0 spiro atoms. The van der Waals surface area contributed by atoms with Crippen LogP contribution in [0, 0.1) is 0 Å². The van der Waals surface area contributed by atoms with Gasteiger partial charge in [-0.05, 0) is 19.1 Å². The summed E-state index contributed by atoms with van der Waals surface area (Å²) >= 11 is 2.85. The number of carbonyl (C=O) groups excluding carboxylic acids is 1. The fourth-order valence-corrected chi connectivity index (χ4v) is 2.93. The first-order valence-electron chi connectivity index (χ1n) is 6.29. The van der Waals surface area contributed by atoms with E-state index in [9.17, 15) is 4.79 Å². The highest BCUT2D eigenvalue weighted by atomic mass is 32.2. The number of amides is 1. The predicted molar refractivity (Wildman–Crippen MR) is 86.0 cm³/mol. The Morgan fingerprint density at radius 1 is 1.48 bits per heavy atom. The number of carbonyl (C=O) groups is 1. The van der Waals surface area contributed by atoms with Gasteiger partial charge in [-0.25, -0.2) is 0 Å². The van der Waals surface area contributed by atoms with Gasteiger partial charge in [-0.3, -0.25) is 10.1 Å². The lowest BCUT2D eigenvalue weighted by atomic mass is 10.3. The molecule has 0 saturated heterocycles. The Kier molecular flexibility index (Phi) is 5.77. The first-order valence-corrected chi connectivity index (χ1v) is 8.09. The standard InChI is InChI=1S/C14H15N3O2S2/c1-3-9-20-14-17-16-13(21-14)15-12(18)10(2)19-11-7-5-4-6-8-11/h3-8,10H,1,9H2,2H3,(H,15,16,18). The van der Waals surface area contributed by atoms with Gasteiger partial charge in [0.15, 0.2) is 10.4 Å². The third-order valence-corrected chi connectivity index (χ3v) is 4.35. The number of thioether (sulfide) groups is 1. The topological polar surface area (TPSA) is 64.1 Å². The van der Waals surface area contributed by atoms with Crippen molar-refractivity contribution in [1.82, 2.24) is 10.2 Å². The molecule has 0 bridgehead atoms. The van der Waals surface area contributed by atoms with E-state index < -0.39 is 6.10 Å². The maximum atomic E-state index is 12.0. The maximum Gasteiger partial charge on any atom is 0.266 e. The van der Waals surface area contributed by atoms with Crippen molar-refractivity contribution in [2.45, 2.75) is 17.4 Å². The Balaban J connectivity index is 1.88. The molecule has 2 rings (SSSR count). The van der Waals surface area contributed by atoms with Crippen molar-refractivity contribution in [2.24, 2.45) is 0 Å². The number of nitrogens with zero attached hydrogens (tertiary/aromatic N) is 2. The van der Waals surface area contributed by atoms with Crippen LogP contribution in [0.1, 0.15) is 6.92 Å². The van der Waals surface area contributed by atoms with Gasteiger partial charge >= 0.3 is 0 Å². The van der Waals surface area contributed by atoms with Crippen molar-refractivity contribution in [2.75, 3.05) is 11.1 Å². The summed E-state index contributed by atoms with van der Waals surface area (Å²) in [6, 6.07) is 9.21. The van der Waals surface area contributed by atoms with E-state index in [1.165, 1.54) is 23.1 Å². The van der Waals surface area contributed by atoms with Gasteiger partial charge in [-0.1, -0.05) is 47.4 Å². The van der Waals surface area contributed by atoms with Crippen LogP contribution in [0.3, 0.4) is 0 Å². The first kappa shape index (κ1) is 15.5. The molecular formula is C14H15N3O2S2. The Hall–Kier alpha value is -1.86. The van der Waals surface area contributed by atoms with E-state index in [-0.39, 0.29) is 5.91 Å². The summed E-state index contributed by atoms with van der Waals surface area (Å²) in [5.74, 6) is 1.16. The molecule has 0 radical (unpaired) electrons. The highest BCUT2D eigenvalue weighted by Gasteiger charge is 2.16. The number of anilines is 1. The third kappa shape index (κ3) is 4.87. The van der Waals surface area contributed by atoms with E-state index in [4.69, 9.17) is 4.74 Å². The van der Waals surface area contributed by atoms with Crippen LogP contribution in [0.2, 0.25) is 0 Å². The fraction of sp³-hybridized carbons (Fsp3) is 0.214. The van der Waals surface area contributed by atoms with E-state index in [1.807, 2.05) is 18.2 Å². The molecule has 1 heterocycles. The molecule has 1 unspecified atom stereocenters. The van der Waals surface area contributed by atoms with Crippen LogP contribution >= 0.6 is 23.1 Å². The van der Waals surface area contributed by atoms with Gasteiger partial charge in [-0.2, -0.15) is 0 Å². The molecule has 1 aromatic heterocycles. The number of benzene rings is 1. The zero-order valence-electron chi connectivity index (χ0n) is 11.5. The molecule has 0 aliphatic rings. The van der Waals surface area contributed by atoms with Crippen molar-refractivity contribution < 1.29 is 9.53 Å². The van der Waals surface area contributed by atoms with E-state index in [2.05, 4.69) is 22.1 Å². The van der Waals surface area contributed by atoms with Crippen molar-refractivity contribution in [3.8, 4) is 5.75 Å². The number of ether oxygens (including phenoxy) is 1. The van der Waals surface area contributed by atoms with E-state index >= 15 is 0 Å². The molecule has 110 valence electrons. The molecule has 0 aliphatic heterocycles. The Bertz CT molecular complexity index is 601. The third-order valence-electron chi connectivity index (χ3n) is 2.39. The van der Waals surface area contributed by atoms with Crippen LogP contribution in [0.25, 0.3) is 0 Å². The number of nitrogens with one attached hydrogen (secondary N) is 1. The normalized spacial score (nSPS) is 11.7. The maximum absolute atomic E-state index is 12.0. The Labute approximate surface area is 131 Å². The molecule has 1 amide bonds. The van der Waals surface area contributed by atoms with E-state index in [1.54, 1.807) is 25.1 Å². The van der Waals surface area contributed by atoms with Crippen LogP contribution in [0.4, 0.5) is 5.13 Å². The van der Waals surface area contributed by atoms with E-state index in [0.717, 1.165) is 10.1 Å². The number of aromatic nitrogens is 2. The molecule has 1 N–H and O–H groups in total. The van der Waals surface area contributed by atoms with Gasteiger partial charge in [0.25, 0.3) is 5.91 Å². The summed E-state index contributed by atoms with van der Waals surface area (Å²) in [7, 11) is 0. The molecule has 7 heteroatoms. The van der Waals surface area contributed by atoms with Crippen molar-refractivity contribution >= 4 is 34.1 Å². The van der Waals surface area contributed by atoms with Crippen molar-refractivity contribution in [3.05, 3.63) is 43.0 Å². The molecule has 0 fully saturated rings. The summed E-state index contributed by atoms with van der Waals surface area (Å²) in [4.78, 5) is 12.0. The van der Waals surface area contributed by atoms with Gasteiger partial charge in [0, 0.05) is 5.75 Å². The minimum atomic E-state index is -0.611. The number of rotatable bonds is 7. The lowest BCUT2D eigenvalue weighted by molar-refractivity contribution is -0.122. The predicted octanol–water partition coefficient (Wildman–Crippen LogP) is 3.22. The molecule has 1 aromatic carbocycles. The molecule has 0 saturated carbocycles. The lowest BCUT2D eigenvalue weighted by Gasteiger charge is -2.13. The van der Waals surface area contributed by atoms with Gasteiger partial charge in [0.1, 0.15) is 5.75 Å². The van der Waals surface area contributed by atoms with Crippen LogP contribution in [-0.4, -0.2) is 28.0 Å². The second-order valence-electron chi connectivity index (χ2n) is 4.04. The van der Waals surface area contributed by atoms with Crippen molar-refractivity contribution in [3.63, 3.8) is 0 Å². The van der Waals surface area contributed by atoms with Gasteiger partial charge in [0.2, 0.25) is 5.13 Å². The highest BCUT2D eigenvalue weighted by molar-refractivity contribution is 8.01. The SMILES string of the molecule is C=CCSc1nnc(NC(=O)C(C)Oc2ccccc2)s1. The summed E-state index contributed by atoms with van der Waals surface area (Å²) in [6.07, 6.45) is 1.18. The summed E-state index contributed by atoms with van der Waals surface area (Å²) in [5.41, 5.74) is 0. The average molecular weight is 321 g/mol. The minimum absolute atomic E-state index is 0.254. The molecular weight excluding hydrogens is 306 g/mol. The fourth-order valence-electron chi connectivity index (χ4n) is 1.41. The number of hydrogen-bond donors (Lipinski definition) is 1. The van der Waals surface area contributed by atoms with Crippen molar-refractivity contribution in [1.29, 1.82) is 0 Å². The molecule has 0 aliphatic carbocycles. The van der Waals surface area contributed by atoms with Crippen LogP contribution in [-0.2, 0) is 4.79 Å². The smallest absolute Gasteiger partial charge is 0.266 e. The number of hydrogen-bond acceptors (Lipinski definition) is 6. The van der Waals surface area contributed by atoms with Gasteiger partial charge in [-0.15, -0.1) is 16.8 Å². The molecule has 2 aromatic rings. The zero-order valence-corrected chi connectivity index (χ0v) is 13.1. The highest BCUT2D eigenvalue weighted by Crippen LogP contribution is 2.25. The number of para-hydroxylation sites is 1. The van der Waals surface area contributed by atoms with Gasteiger partial charge < -0.3 is 4.74 Å². The Morgan fingerprint density at radius 2 is 2.24 bits per heavy atom. The largest absolute Gasteiger partial charge is 0.481 e. The average Bonchev–Trinajstić information content (AvgIpc) is 2.93. The monoisotopic (exact) mass is 321 g/mol. The van der Waals surface area contributed by atoms with Crippen LogP contribution in [0.5, 0.6) is 5.75 Å². The lowest BCUT2D eigenvalue weighted by Crippen LogP contribution is -2.30. The first-order chi connectivity index (χ1) is 10.2. The van der Waals surface area contributed by atoms with E-state index in [0.29, 0.717) is 10.9 Å². The second kappa shape index (κ2) is 7.80. The second-order valence-corrected chi connectivity index (χ2v) is 6.28. The Morgan fingerprint density at radius 3 is 2.95 bits per heavy atom. The molecule has 1 atom stereocenters. The minimum Gasteiger partial charge on any atom is -0.481 e. The summed E-state index contributed by atoms with van der Waals surface area (Å²) in [6.45, 7) is 5.33. The quantitative estimate of drug-likeness (QED) is 0.482. The van der Waals surface area contributed by atoms with Crippen LogP contribution in [0.15, 0.2) is 47.3 Å². The molecule has 5 nitrogen and oxygen atoms in total. The summed E-state index contributed by atoms with van der Waals surface area (Å²) < 4.78 is 6.34. The zero-order chi connectivity index (χ0) is 15.1. The van der Waals surface area contributed by atoms with Gasteiger partial charge in [0.05, 0.1) is 0 Å². The molecule has 21 heavy (non-hydrogen) atoms. The summed E-state index contributed by atoms with van der Waals surface area (Å²) in [5, 5.41) is 11.1. The van der Waals surface area contributed by atoms with Crippen LogP contribution < -0.4 is 10.1 Å².